The minimum Gasteiger partial charge on any atom is -0.384 e. The number of morpholine rings is 1. The molecule has 1 aromatic rings. The van der Waals surface area contributed by atoms with Gasteiger partial charge in [-0.2, -0.15) is 4.98 Å². The van der Waals surface area contributed by atoms with Crippen LogP contribution in [0.5, 0.6) is 0 Å². The zero-order chi connectivity index (χ0) is 11.5. The van der Waals surface area contributed by atoms with Gasteiger partial charge >= 0.3 is 0 Å². The summed E-state index contributed by atoms with van der Waals surface area (Å²) < 4.78 is 5.49. The van der Waals surface area contributed by atoms with Crippen LogP contribution in [0, 0.1) is 6.92 Å². The molecule has 5 nitrogen and oxygen atoms in total. The van der Waals surface area contributed by atoms with Gasteiger partial charge in [-0.3, -0.25) is 0 Å². The molecule has 1 atom stereocenters. The highest BCUT2D eigenvalue weighted by Crippen LogP contribution is 2.15. The van der Waals surface area contributed by atoms with Crippen LogP contribution in [0.2, 0.25) is 0 Å². The van der Waals surface area contributed by atoms with Crippen molar-refractivity contribution in [3.63, 3.8) is 0 Å². The van der Waals surface area contributed by atoms with Crippen molar-refractivity contribution in [3.8, 4) is 0 Å². The number of rotatable bonds is 2. The monoisotopic (exact) mass is 220 g/mol. The maximum atomic E-state index is 5.70. The van der Waals surface area contributed by atoms with Gasteiger partial charge in [-0.15, -0.1) is 6.58 Å². The van der Waals surface area contributed by atoms with E-state index in [9.17, 15) is 0 Å². The SMILES string of the molecule is C=C[C@@H]1CN(c2nc(C)cc(N)n2)CCO1. The second kappa shape index (κ2) is 4.49. The largest absolute Gasteiger partial charge is 0.384 e. The molecule has 0 unspecified atom stereocenters. The summed E-state index contributed by atoms with van der Waals surface area (Å²) in [6, 6.07) is 1.76. The third-order valence-corrected chi connectivity index (χ3v) is 2.50. The topological polar surface area (TPSA) is 64.3 Å². The van der Waals surface area contributed by atoms with Crippen LogP contribution in [-0.2, 0) is 4.74 Å². The van der Waals surface area contributed by atoms with Gasteiger partial charge in [-0.1, -0.05) is 6.08 Å². The van der Waals surface area contributed by atoms with Gasteiger partial charge in [0.15, 0.2) is 0 Å². The molecule has 86 valence electrons. The van der Waals surface area contributed by atoms with E-state index in [1.165, 1.54) is 0 Å². The highest BCUT2D eigenvalue weighted by molar-refractivity contribution is 5.40. The summed E-state index contributed by atoms with van der Waals surface area (Å²) in [6.07, 6.45) is 1.84. The van der Waals surface area contributed by atoms with Crippen LogP contribution in [0.1, 0.15) is 5.69 Å². The van der Waals surface area contributed by atoms with E-state index in [1.807, 2.05) is 6.92 Å². The first-order valence-corrected chi connectivity index (χ1v) is 5.29. The van der Waals surface area contributed by atoms with Crippen molar-refractivity contribution in [3.05, 3.63) is 24.4 Å². The van der Waals surface area contributed by atoms with Gasteiger partial charge < -0.3 is 15.4 Å². The van der Waals surface area contributed by atoms with E-state index < -0.39 is 0 Å². The van der Waals surface area contributed by atoms with Crippen LogP contribution < -0.4 is 10.6 Å². The second-order valence-corrected chi connectivity index (χ2v) is 3.83. The lowest BCUT2D eigenvalue weighted by molar-refractivity contribution is 0.0713. The average Bonchev–Trinajstić information content (AvgIpc) is 2.28. The van der Waals surface area contributed by atoms with E-state index in [2.05, 4.69) is 21.4 Å². The first kappa shape index (κ1) is 10.9. The molecule has 0 bridgehead atoms. The fraction of sp³-hybridized carbons (Fsp3) is 0.455. The molecule has 1 fully saturated rings. The van der Waals surface area contributed by atoms with Crippen molar-refractivity contribution in [2.45, 2.75) is 13.0 Å². The molecule has 0 aromatic carbocycles. The van der Waals surface area contributed by atoms with E-state index >= 15 is 0 Å². The Kier molecular flexibility index (Phi) is 3.05. The summed E-state index contributed by atoms with van der Waals surface area (Å²) >= 11 is 0. The minimum absolute atomic E-state index is 0.0408. The first-order valence-electron chi connectivity index (χ1n) is 5.29. The number of aromatic nitrogens is 2. The lowest BCUT2D eigenvalue weighted by Crippen LogP contribution is -2.42. The Morgan fingerprint density at radius 2 is 2.44 bits per heavy atom. The fourth-order valence-corrected chi connectivity index (χ4v) is 1.72. The van der Waals surface area contributed by atoms with Crippen molar-refractivity contribution in [1.29, 1.82) is 0 Å². The van der Waals surface area contributed by atoms with Gasteiger partial charge in [0.2, 0.25) is 5.95 Å². The molecule has 0 saturated carbocycles. The molecule has 0 amide bonds. The first-order chi connectivity index (χ1) is 7.69. The molecule has 2 N–H and O–H groups in total. The molecule has 1 aliphatic rings. The summed E-state index contributed by atoms with van der Waals surface area (Å²) in [6.45, 7) is 7.81. The normalized spacial score (nSPS) is 20.8. The molecular weight excluding hydrogens is 204 g/mol. The van der Waals surface area contributed by atoms with Crippen LogP contribution in [0.4, 0.5) is 11.8 Å². The van der Waals surface area contributed by atoms with Crippen molar-refractivity contribution in [2.24, 2.45) is 0 Å². The van der Waals surface area contributed by atoms with Crippen LogP contribution >= 0.6 is 0 Å². The van der Waals surface area contributed by atoms with Crippen LogP contribution in [0.3, 0.4) is 0 Å². The lowest BCUT2D eigenvalue weighted by atomic mass is 10.3. The third-order valence-electron chi connectivity index (χ3n) is 2.50. The molecular formula is C11H16N4O. The zero-order valence-electron chi connectivity index (χ0n) is 9.39. The number of hydrogen-bond acceptors (Lipinski definition) is 5. The predicted molar refractivity (Wildman–Crippen MR) is 63.3 cm³/mol. The molecule has 2 heterocycles. The number of anilines is 2. The Bertz CT molecular complexity index is 373. The third kappa shape index (κ3) is 2.30. The number of nitrogen functional groups attached to an aromatic ring is 1. The molecule has 1 aliphatic heterocycles. The van der Waals surface area contributed by atoms with E-state index in [4.69, 9.17) is 10.5 Å². The van der Waals surface area contributed by atoms with Crippen LogP contribution in [0.15, 0.2) is 18.7 Å². The molecule has 1 aromatic heterocycles. The molecule has 2 rings (SSSR count). The predicted octanol–water partition coefficient (Wildman–Crippen LogP) is 0.758. The quantitative estimate of drug-likeness (QED) is 0.745. The number of aryl methyl sites for hydroxylation is 1. The molecule has 0 radical (unpaired) electrons. The van der Waals surface area contributed by atoms with Gasteiger partial charge in [-0.05, 0) is 6.92 Å². The number of nitrogens with two attached hydrogens (primary N) is 1. The Morgan fingerprint density at radius 3 is 3.12 bits per heavy atom. The van der Waals surface area contributed by atoms with Crippen LogP contribution in [-0.4, -0.2) is 35.8 Å². The van der Waals surface area contributed by atoms with Crippen LogP contribution in [0.25, 0.3) is 0 Å². The smallest absolute Gasteiger partial charge is 0.227 e. The van der Waals surface area contributed by atoms with Gasteiger partial charge in [0.1, 0.15) is 5.82 Å². The average molecular weight is 220 g/mol. The molecule has 16 heavy (non-hydrogen) atoms. The van der Waals surface area contributed by atoms with Crippen molar-refractivity contribution < 1.29 is 4.74 Å². The summed E-state index contributed by atoms with van der Waals surface area (Å²) in [5.74, 6) is 1.18. The highest BCUT2D eigenvalue weighted by Gasteiger charge is 2.20. The minimum atomic E-state index is 0.0408. The Balaban J connectivity index is 2.19. The van der Waals surface area contributed by atoms with Gasteiger partial charge in [0.05, 0.1) is 19.3 Å². The van der Waals surface area contributed by atoms with Crippen molar-refractivity contribution in [1.82, 2.24) is 9.97 Å². The standard InChI is InChI=1S/C11H16N4O/c1-3-9-7-15(4-5-16-9)11-13-8(2)6-10(12)14-11/h3,6,9H,1,4-5,7H2,2H3,(H2,12,13,14)/t9-/m1/s1. The van der Waals surface area contributed by atoms with E-state index in [0.717, 1.165) is 18.8 Å². The number of ether oxygens (including phenoxy) is 1. The maximum Gasteiger partial charge on any atom is 0.227 e. The Hall–Kier alpha value is -1.62. The van der Waals surface area contributed by atoms with Crippen molar-refractivity contribution in [2.75, 3.05) is 30.3 Å². The Morgan fingerprint density at radius 1 is 1.62 bits per heavy atom. The van der Waals surface area contributed by atoms with E-state index in [-0.39, 0.29) is 6.10 Å². The summed E-state index contributed by atoms with van der Waals surface area (Å²) in [5.41, 5.74) is 6.58. The fourth-order valence-electron chi connectivity index (χ4n) is 1.72. The maximum absolute atomic E-state index is 5.70. The molecule has 1 saturated heterocycles. The summed E-state index contributed by atoms with van der Waals surface area (Å²) in [7, 11) is 0. The summed E-state index contributed by atoms with van der Waals surface area (Å²) in [5, 5.41) is 0. The number of hydrogen-bond donors (Lipinski definition) is 1. The molecule has 0 aliphatic carbocycles. The van der Waals surface area contributed by atoms with E-state index in [0.29, 0.717) is 18.4 Å². The Labute approximate surface area is 94.9 Å². The number of nitrogens with zero attached hydrogens (tertiary/aromatic N) is 3. The second-order valence-electron chi connectivity index (χ2n) is 3.83. The van der Waals surface area contributed by atoms with Gasteiger partial charge in [0, 0.05) is 18.3 Å². The highest BCUT2D eigenvalue weighted by atomic mass is 16.5. The summed E-state index contributed by atoms with van der Waals surface area (Å²) in [4.78, 5) is 10.7. The van der Waals surface area contributed by atoms with E-state index in [1.54, 1.807) is 12.1 Å². The molecule has 5 heteroatoms. The van der Waals surface area contributed by atoms with Gasteiger partial charge in [0.25, 0.3) is 0 Å². The zero-order valence-corrected chi connectivity index (χ0v) is 9.39. The molecule has 0 spiro atoms. The lowest BCUT2D eigenvalue weighted by Gasteiger charge is -2.31. The van der Waals surface area contributed by atoms with Gasteiger partial charge in [-0.25, -0.2) is 4.98 Å². The van der Waals surface area contributed by atoms with Crippen molar-refractivity contribution >= 4 is 11.8 Å².